The van der Waals surface area contributed by atoms with E-state index >= 15 is 0 Å². The van der Waals surface area contributed by atoms with E-state index in [-0.39, 0.29) is 59.4 Å². The molecule has 0 radical (unpaired) electrons. The number of benzene rings is 2. The average Bonchev–Trinajstić information content (AvgIpc) is 3.72. The van der Waals surface area contributed by atoms with Gasteiger partial charge < -0.3 is 20.1 Å². The lowest BCUT2D eigenvalue weighted by Gasteiger charge is -2.14. The number of rotatable bonds is 2. The predicted octanol–water partition coefficient (Wildman–Crippen LogP) is 10.4. The first-order valence-corrected chi connectivity index (χ1v) is 12.9. The molecule has 2 aromatic carbocycles. The summed E-state index contributed by atoms with van der Waals surface area (Å²) in [5, 5.41) is 6.72. The van der Waals surface area contributed by atoms with Gasteiger partial charge in [-0.3, -0.25) is 0 Å². The van der Waals surface area contributed by atoms with Gasteiger partial charge >= 0.3 is 0 Å². The highest BCUT2D eigenvalue weighted by atomic mass is 16.5. The Balaban J connectivity index is -0.000000118. The molecular formula is C36H72N4O2. The molecule has 4 aliphatic rings. The van der Waals surface area contributed by atoms with E-state index in [1.54, 1.807) is 0 Å². The summed E-state index contributed by atoms with van der Waals surface area (Å²) in [7, 11) is 0. The smallest absolute Gasteiger partial charge is 0.285 e. The van der Waals surface area contributed by atoms with E-state index in [0.29, 0.717) is 12.1 Å². The van der Waals surface area contributed by atoms with Crippen molar-refractivity contribution >= 4 is 12.0 Å². The molecule has 6 nitrogen and oxygen atoms in total. The van der Waals surface area contributed by atoms with Crippen LogP contribution in [0.2, 0.25) is 0 Å². The van der Waals surface area contributed by atoms with E-state index in [0.717, 1.165) is 64.0 Å². The number of amidine groups is 2. The third-order valence-electron chi connectivity index (χ3n) is 6.03. The first-order chi connectivity index (χ1) is 16.9. The van der Waals surface area contributed by atoms with Crippen molar-refractivity contribution in [1.29, 1.82) is 0 Å². The monoisotopic (exact) mass is 593 g/mol. The van der Waals surface area contributed by atoms with E-state index in [4.69, 9.17) is 9.47 Å². The Morgan fingerprint density at radius 1 is 0.548 bits per heavy atom. The topological polar surface area (TPSA) is 67.2 Å². The van der Waals surface area contributed by atoms with Gasteiger partial charge in [0.15, 0.2) is 0 Å². The molecule has 0 fully saturated rings. The van der Waals surface area contributed by atoms with Gasteiger partial charge in [0.1, 0.15) is 13.2 Å². The van der Waals surface area contributed by atoms with Crippen molar-refractivity contribution in [2.75, 3.05) is 26.3 Å². The zero-order valence-corrected chi connectivity index (χ0v) is 21.1. The van der Waals surface area contributed by atoms with Crippen molar-refractivity contribution in [3.63, 3.8) is 0 Å². The minimum Gasteiger partial charge on any atom is -0.463 e. The van der Waals surface area contributed by atoms with E-state index < -0.39 is 0 Å². The van der Waals surface area contributed by atoms with Gasteiger partial charge in [-0.2, -0.15) is 0 Å². The van der Waals surface area contributed by atoms with E-state index in [1.165, 1.54) is 22.3 Å². The third kappa shape index (κ3) is 13.8. The first-order valence-electron chi connectivity index (χ1n) is 12.9. The molecule has 6 rings (SSSR count). The van der Waals surface area contributed by atoms with Crippen LogP contribution in [0.15, 0.2) is 58.5 Å². The van der Waals surface area contributed by atoms with Crippen LogP contribution in [0.25, 0.3) is 0 Å². The van der Waals surface area contributed by atoms with Gasteiger partial charge in [-0.1, -0.05) is 136 Å². The molecule has 2 heterocycles. The molecule has 2 atom stereocenters. The van der Waals surface area contributed by atoms with Crippen molar-refractivity contribution in [3.8, 4) is 0 Å². The maximum absolute atomic E-state index is 5.37. The molecule has 0 saturated carbocycles. The summed E-state index contributed by atoms with van der Waals surface area (Å²) in [4.78, 5) is 8.51. The van der Waals surface area contributed by atoms with E-state index in [1.807, 2.05) is 27.7 Å². The van der Waals surface area contributed by atoms with Gasteiger partial charge in [-0.05, 0) is 47.9 Å². The Labute approximate surface area is 263 Å². The lowest BCUT2D eigenvalue weighted by Crippen LogP contribution is -2.27. The summed E-state index contributed by atoms with van der Waals surface area (Å²) in [6, 6.07) is 19.4. The molecule has 6 heteroatoms. The number of hydrogen-bond acceptors (Lipinski definition) is 6. The number of ether oxygens (including phenoxy) is 2. The van der Waals surface area contributed by atoms with Gasteiger partial charge in [0.25, 0.3) is 12.0 Å². The highest BCUT2D eigenvalue weighted by Gasteiger charge is 2.24. The fourth-order valence-corrected chi connectivity index (χ4v) is 4.56. The summed E-state index contributed by atoms with van der Waals surface area (Å²) in [6.45, 7) is 11.0. The molecule has 2 aromatic rings. The lowest BCUT2D eigenvalue weighted by molar-refractivity contribution is 0.324. The first kappa shape index (κ1) is 51.7. The van der Waals surface area contributed by atoms with Crippen LogP contribution < -0.4 is 10.6 Å². The second-order valence-corrected chi connectivity index (χ2v) is 7.94. The molecule has 2 aliphatic carbocycles. The molecule has 0 aromatic heterocycles. The number of hydrogen-bond donors (Lipinski definition) is 2. The molecule has 2 unspecified atom stereocenters. The minimum atomic E-state index is 0. The zero-order valence-electron chi connectivity index (χ0n) is 21.1. The summed E-state index contributed by atoms with van der Waals surface area (Å²) in [6.07, 6.45) is 4.59. The Morgan fingerprint density at radius 2 is 0.881 bits per heavy atom. The van der Waals surface area contributed by atoms with Crippen LogP contribution in [0.4, 0.5) is 0 Å². The van der Waals surface area contributed by atoms with Crippen LogP contribution in [0.3, 0.4) is 0 Å². The van der Waals surface area contributed by atoms with Crippen molar-refractivity contribution in [1.82, 2.24) is 10.6 Å². The maximum Gasteiger partial charge on any atom is 0.285 e. The Hall–Kier alpha value is -3.02. The van der Waals surface area contributed by atoms with Crippen LogP contribution in [-0.2, 0) is 22.3 Å². The third-order valence-corrected chi connectivity index (χ3v) is 6.03. The molecule has 248 valence electrons. The summed E-state index contributed by atoms with van der Waals surface area (Å²) in [5.41, 5.74) is 5.70. The molecule has 2 N–H and O–H groups in total. The minimum absolute atomic E-state index is 0. The Morgan fingerprint density at radius 3 is 1.19 bits per heavy atom. The van der Waals surface area contributed by atoms with Crippen LogP contribution in [0.1, 0.15) is 134 Å². The fourth-order valence-electron chi connectivity index (χ4n) is 4.56. The highest BCUT2D eigenvalue weighted by Crippen LogP contribution is 2.31. The summed E-state index contributed by atoms with van der Waals surface area (Å²) in [5.74, 6) is 0. The quantitative estimate of drug-likeness (QED) is 0.364. The van der Waals surface area contributed by atoms with Gasteiger partial charge in [0, 0.05) is 0 Å². The van der Waals surface area contributed by atoms with Crippen LogP contribution in [-0.4, -0.2) is 38.3 Å². The van der Waals surface area contributed by atoms with Gasteiger partial charge in [-0.15, -0.1) is 0 Å². The standard InChI is InChI=1S/2C12H14N2O.2C2H6.8CH4/c2*1-2-4-10-9(3-1)5-6-11(10)14-12-13-7-8-15-12;2*1-2;;;;;;;;/h2*1-4,11H,5-8H2,(H,13,14);2*1-2H3;8*1H4. The van der Waals surface area contributed by atoms with Crippen LogP contribution in [0, 0.1) is 0 Å². The molecular weight excluding hydrogens is 520 g/mol. The number of aryl methyl sites for hydroxylation is 2. The zero-order chi connectivity index (χ0) is 24.2. The highest BCUT2D eigenvalue weighted by molar-refractivity contribution is 5.76. The van der Waals surface area contributed by atoms with Gasteiger partial charge in [0.05, 0.1) is 25.2 Å². The number of nitrogens with one attached hydrogen (secondary N) is 2. The van der Waals surface area contributed by atoms with Crippen LogP contribution >= 0.6 is 0 Å². The molecule has 0 amide bonds. The van der Waals surface area contributed by atoms with E-state index in [2.05, 4.69) is 69.1 Å². The number of fused-ring (bicyclic) bond motifs is 2. The molecule has 0 saturated heterocycles. The second kappa shape index (κ2) is 28.1. The summed E-state index contributed by atoms with van der Waals surface area (Å²) >= 11 is 0. The average molecular weight is 593 g/mol. The molecule has 0 spiro atoms. The molecule has 2 aliphatic heterocycles. The maximum atomic E-state index is 5.37. The van der Waals surface area contributed by atoms with Crippen molar-refractivity contribution in [2.45, 2.75) is 125 Å². The van der Waals surface area contributed by atoms with Gasteiger partial charge in [-0.25, -0.2) is 9.98 Å². The number of nitrogens with zero attached hydrogens (tertiary/aromatic N) is 2. The van der Waals surface area contributed by atoms with Crippen molar-refractivity contribution in [2.24, 2.45) is 9.98 Å². The molecule has 42 heavy (non-hydrogen) atoms. The van der Waals surface area contributed by atoms with Gasteiger partial charge in [0.2, 0.25) is 0 Å². The fraction of sp³-hybridized carbons (Fsp3) is 0.611. The normalized spacial score (nSPS) is 16.9. The SMILES string of the molecule is C.C.C.C.C.C.C.C.CC.CC.c1ccc2c(c1)CCC2NC1=NCCO1.c1ccc2c(c1)CCC2NC1=NCCO1. The van der Waals surface area contributed by atoms with Crippen molar-refractivity contribution < 1.29 is 9.47 Å². The lowest BCUT2D eigenvalue weighted by atomic mass is 10.1. The Kier molecular flexibility index (Phi) is 34.6. The number of aliphatic imine (C=N–C) groups is 2. The van der Waals surface area contributed by atoms with Crippen molar-refractivity contribution in [3.05, 3.63) is 70.8 Å². The molecule has 0 bridgehead atoms. The second-order valence-electron chi connectivity index (χ2n) is 7.94. The summed E-state index contributed by atoms with van der Waals surface area (Å²) < 4.78 is 10.7. The van der Waals surface area contributed by atoms with E-state index in [9.17, 15) is 0 Å². The van der Waals surface area contributed by atoms with Crippen LogP contribution in [0.5, 0.6) is 0 Å². The largest absolute Gasteiger partial charge is 0.463 e. The predicted molar refractivity (Wildman–Crippen MR) is 194 cm³/mol. The Bertz CT molecular complexity index is 881.